The molecule has 0 rings (SSSR count). The molecule has 0 unspecified atom stereocenters. The van der Waals surface area contributed by atoms with Gasteiger partial charge in [0.2, 0.25) is 0 Å². The molecule has 0 aromatic rings. The monoisotopic (exact) mass is 536 g/mol. The van der Waals surface area contributed by atoms with E-state index in [2.05, 4.69) is 88.9 Å². The van der Waals surface area contributed by atoms with Gasteiger partial charge in [-0.25, -0.2) is 0 Å². The summed E-state index contributed by atoms with van der Waals surface area (Å²) in [5.41, 5.74) is 10.4. The van der Waals surface area contributed by atoms with Gasteiger partial charge in [-0.1, -0.05) is 51.4 Å². The topological polar surface area (TPSA) is 52.0 Å². The molecule has 4 N–H and O–H groups in total. The van der Waals surface area contributed by atoms with Gasteiger partial charge in [0.1, 0.15) is 0 Å². The van der Waals surface area contributed by atoms with Crippen molar-refractivity contribution >= 4 is 31.9 Å². The molecule has 0 aliphatic rings. The van der Waals surface area contributed by atoms with Crippen LogP contribution in [0.5, 0.6) is 0 Å². The Bertz CT molecular complexity index is 604. The molecule has 0 aromatic heterocycles. The van der Waals surface area contributed by atoms with E-state index in [0.717, 1.165) is 57.9 Å². The number of hydrogen-bond donors (Lipinski definition) is 2. The standard InChI is InChI=1S/C9H13N.C5H9N.2C4H5Br.C4H6/c1-2-3-4-5-6-7-8-9-10;1-2-3-4-5-6;2*1-2-3-4-5;1-3-4-2/h2,7-10H2,1H3;1H,3-6H2;2*2H2,1H3;1H,4H2,2H3. The summed E-state index contributed by atoms with van der Waals surface area (Å²) < 4.78 is 0. The minimum Gasteiger partial charge on any atom is -0.330 e. The lowest BCUT2D eigenvalue weighted by atomic mass is 10.3. The Hall–Kier alpha value is -1.76. The van der Waals surface area contributed by atoms with E-state index in [9.17, 15) is 0 Å². The summed E-state index contributed by atoms with van der Waals surface area (Å²) in [6.07, 6.45) is 16.9. The average Bonchev–Trinajstić information content (AvgIpc) is 2.77. The van der Waals surface area contributed by atoms with E-state index in [1.54, 1.807) is 0 Å². The van der Waals surface area contributed by atoms with Gasteiger partial charge >= 0.3 is 0 Å². The van der Waals surface area contributed by atoms with E-state index in [4.69, 9.17) is 24.3 Å². The molecule has 0 heterocycles. The Balaban J connectivity index is -0.0000000911. The van der Waals surface area contributed by atoms with Crippen molar-refractivity contribution in [2.75, 3.05) is 13.1 Å². The molecule has 0 aliphatic carbocycles. The summed E-state index contributed by atoms with van der Waals surface area (Å²) in [6, 6.07) is 0. The zero-order valence-electron chi connectivity index (χ0n) is 19.1. The largest absolute Gasteiger partial charge is 0.330 e. The van der Waals surface area contributed by atoms with Crippen molar-refractivity contribution in [3.8, 4) is 69.9 Å². The Morgan fingerprint density at radius 2 is 1.00 bits per heavy atom. The van der Waals surface area contributed by atoms with Crippen LogP contribution in [0.3, 0.4) is 0 Å². The van der Waals surface area contributed by atoms with Gasteiger partial charge in [0.15, 0.2) is 0 Å². The van der Waals surface area contributed by atoms with Gasteiger partial charge in [0, 0.05) is 70.4 Å². The molecule has 2 nitrogen and oxygen atoms in total. The van der Waals surface area contributed by atoms with E-state index in [1.807, 2.05) is 27.7 Å². The highest BCUT2D eigenvalue weighted by Crippen LogP contribution is 1.80. The Labute approximate surface area is 204 Å². The first kappa shape index (κ1) is 38.8. The van der Waals surface area contributed by atoms with Gasteiger partial charge in [0.05, 0.1) is 0 Å². The zero-order chi connectivity index (χ0) is 24.1. The lowest BCUT2D eigenvalue weighted by Crippen LogP contribution is -1.96. The van der Waals surface area contributed by atoms with Gasteiger partial charge in [-0.05, 0) is 47.4 Å². The highest BCUT2D eigenvalue weighted by molar-refractivity contribution is 9.12. The highest BCUT2D eigenvalue weighted by atomic mass is 79.9. The Morgan fingerprint density at radius 3 is 1.23 bits per heavy atom. The predicted molar refractivity (Wildman–Crippen MR) is 144 cm³/mol. The van der Waals surface area contributed by atoms with Crippen LogP contribution in [0.15, 0.2) is 0 Å². The summed E-state index contributed by atoms with van der Waals surface area (Å²) in [5.74, 6) is 21.8. The molecule has 0 saturated heterocycles. The molecule has 0 amide bonds. The molecule has 0 aliphatic heterocycles. The summed E-state index contributed by atoms with van der Waals surface area (Å²) in [5, 5.41) is 0. The average molecular weight is 538 g/mol. The zero-order valence-corrected chi connectivity index (χ0v) is 22.3. The number of terminal acetylenes is 2. The molecule has 0 radical (unpaired) electrons. The van der Waals surface area contributed by atoms with Gasteiger partial charge in [-0.2, -0.15) is 0 Å². The second-order valence-corrected chi connectivity index (χ2v) is 5.55. The van der Waals surface area contributed by atoms with Crippen LogP contribution >= 0.6 is 31.9 Å². The Kier molecular flexibility index (Phi) is 72.9. The van der Waals surface area contributed by atoms with Crippen molar-refractivity contribution < 1.29 is 0 Å². The molecule has 0 spiro atoms. The van der Waals surface area contributed by atoms with Crippen LogP contribution in [0.2, 0.25) is 0 Å². The van der Waals surface area contributed by atoms with Crippen LogP contribution in [-0.4, -0.2) is 13.1 Å². The molecule has 30 heavy (non-hydrogen) atoms. The first-order valence-corrected chi connectivity index (χ1v) is 11.6. The fourth-order valence-electron chi connectivity index (χ4n) is 0.767. The molecule has 0 saturated carbocycles. The van der Waals surface area contributed by atoms with E-state index in [0.29, 0.717) is 6.54 Å². The molecular weight excluding hydrogens is 500 g/mol. The Morgan fingerprint density at radius 1 is 0.600 bits per heavy atom. The normalized spacial score (nSPS) is 6.20. The maximum atomic E-state index is 5.27. The van der Waals surface area contributed by atoms with Crippen molar-refractivity contribution in [1.29, 1.82) is 0 Å². The van der Waals surface area contributed by atoms with Gasteiger partial charge < -0.3 is 11.5 Å². The smallest absolute Gasteiger partial charge is 0.0111 e. The highest BCUT2D eigenvalue weighted by Gasteiger charge is 1.73. The summed E-state index contributed by atoms with van der Waals surface area (Å²) in [6.45, 7) is 9.40. The van der Waals surface area contributed by atoms with Crippen LogP contribution in [0.4, 0.5) is 0 Å². The van der Waals surface area contributed by atoms with E-state index < -0.39 is 0 Å². The summed E-state index contributed by atoms with van der Waals surface area (Å²) in [7, 11) is 0. The number of halogens is 2. The number of hydrogen-bond acceptors (Lipinski definition) is 2. The lowest BCUT2D eigenvalue weighted by Gasteiger charge is -1.81. The van der Waals surface area contributed by atoms with Crippen molar-refractivity contribution in [2.24, 2.45) is 11.5 Å². The van der Waals surface area contributed by atoms with Gasteiger partial charge in [-0.15, -0.1) is 24.7 Å². The number of rotatable bonds is 4. The summed E-state index contributed by atoms with van der Waals surface area (Å²) >= 11 is 5.90. The fraction of sp³-hybridized carbons (Fsp3) is 0.538. The van der Waals surface area contributed by atoms with Crippen molar-refractivity contribution in [1.82, 2.24) is 0 Å². The molecule has 0 fully saturated rings. The SMILES string of the molecule is C#CCC.C#CCCCN.CCC#CBr.CCC#CBr.CCC#CC#CCCCN. The fourth-order valence-corrected chi connectivity index (χ4v) is 1.33. The minimum atomic E-state index is 0.712. The minimum absolute atomic E-state index is 0.712. The maximum Gasteiger partial charge on any atom is 0.0111 e. The van der Waals surface area contributed by atoms with Crippen LogP contribution in [0.1, 0.15) is 79.1 Å². The second kappa shape index (κ2) is 56.4. The van der Waals surface area contributed by atoms with E-state index >= 15 is 0 Å². The van der Waals surface area contributed by atoms with Gasteiger partial charge in [0.25, 0.3) is 0 Å². The molecule has 166 valence electrons. The quantitative estimate of drug-likeness (QED) is 0.339. The van der Waals surface area contributed by atoms with Crippen molar-refractivity contribution in [3.63, 3.8) is 0 Å². The number of unbranched alkanes of at least 4 members (excludes halogenated alkanes) is 2. The molecule has 0 atom stereocenters. The first-order valence-electron chi connectivity index (χ1n) is 9.97. The molecule has 0 aromatic carbocycles. The van der Waals surface area contributed by atoms with Gasteiger partial charge in [-0.3, -0.25) is 0 Å². The third kappa shape index (κ3) is 95.4. The van der Waals surface area contributed by atoms with Crippen LogP contribution in [-0.2, 0) is 0 Å². The van der Waals surface area contributed by atoms with Crippen LogP contribution in [0, 0.1) is 69.9 Å². The van der Waals surface area contributed by atoms with E-state index in [1.165, 1.54) is 0 Å². The lowest BCUT2D eigenvalue weighted by molar-refractivity contribution is 0.870. The summed E-state index contributed by atoms with van der Waals surface area (Å²) in [4.78, 5) is 5.16. The maximum absolute atomic E-state index is 5.27. The molecular formula is C26H38Br2N2. The van der Waals surface area contributed by atoms with Crippen LogP contribution < -0.4 is 11.5 Å². The first-order chi connectivity index (χ1) is 14.6. The molecule has 0 bridgehead atoms. The van der Waals surface area contributed by atoms with Crippen molar-refractivity contribution in [2.45, 2.75) is 79.1 Å². The third-order valence-electron chi connectivity index (χ3n) is 2.14. The molecule has 4 heteroatoms. The third-order valence-corrected chi connectivity index (χ3v) is 2.70. The van der Waals surface area contributed by atoms with E-state index in [-0.39, 0.29) is 0 Å². The van der Waals surface area contributed by atoms with Crippen molar-refractivity contribution in [3.05, 3.63) is 0 Å². The van der Waals surface area contributed by atoms with Crippen LogP contribution in [0.25, 0.3) is 0 Å². The number of nitrogens with two attached hydrogens (primary N) is 2. The predicted octanol–water partition coefficient (Wildman–Crippen LogP) is 6.03. The second-order valence-electron chi connectivity index (χ2n) is 4.75.